The van der Waals surface area contributed by atoms with Crippen LogP contribution in [0.1, 0.15) is 48.5 Å². The van der Waals surface area contributed by atoms with Crippen LogP contribution >= 0.6 is 0 Å². The molecule has 1 aromatic rings. The number of nitrogens with one attached hydrogen (secondary N) is 2. The Morgan fingerprint density at radius 2 is 2.00 bits per heavy atom. The molecule has 1 amide bonds. The van der Waals surface area contributed by atoms with Gasteiger partial charge in [0.25, 0.3) is 5.91 Å². The summed E-state index contributed by atoms with van der Waals surface area (Å²) in [6, 6.07) is 0. The molecule has 0 unspecified atom stereocenters. The van der Waals surface area contributed by atoms with Crippen molar-refractivity contribution in [2.75, 3.05) is 20.1 Å². The number of hydrogen-bond acceptors (Lipinski definition) is 5. The predicted octanol–water partition coefficient (Wildman–Crippen LogP) is 1.23. The fourth-order valence-corrected chi connectivity index (χ4v) is 2.27. The number of rotatable bonds is 8. The van der Waals surface area contributed by atoms with Crippen molar-refractivity contribution in [3.05, 3.63) is 17.0 Å². The van der Waals surface area contributed by atoms with Gasteiger partial charge in [-0.15, -0.1) is 0 Å². The molecule has 0 atom stereocenters. The van der Waals surface area contributed by atoms with E-state index in [4.69, 9.17) is 9.63 Å². The van der Waals surface area contributed by atoms with Crippen LogP contribution in [0.3, 0.4) is 0 Å². The highest BCUT2D eigenvalue weighted by Gasteiger charge is 2.27. The summed E-state index contributed by atoms with van der Waals surface area (Å²) in [5, 5.41) is 18.9. The molecule has 0 fully saturated rings. The van der Waals surface area contributed by atoms with Crippen molar-refractivity contribution in [2.24, 2.45) is 5.41 Å². The lowest BCUT2D eigenvalue weighted by Crippen LogP contribution is -2.42. The van der Waals surface area contributed by atoms with E-state index >= 15 is 0 Å². The molecule has 6 nitrogen and oxygen atoms in total. The van der Waals surface area contributed by atoms with E-state index in [1.165, 1.54) is 0 Å². The molecule has 6 heteroatoms. The summed E-state index contributed by atoms with van der Waals surface area (Å²) < 4.78 is 4.92. The molecule has 20 heavy (non-hydrogen) atoms. The highest BCUT2D eigenvalue weighted by Crippen LogP contribution is 2.24. The van der Waals surface area contributed by atoms with E-state index in [2.05, 4.69) is 29.6 Å². The Morgan fingerprint density at radius 1 is 1.35 bits per heavy atom. The van der Waals surface area contributed by atoms with E-state index in [9.17, 15) is 4.79 Å². The third-order valence-corrected chi connectivity index (χ3v) is 4.05. The third kappa shape index (κ3) is 3.58. The van der Waals surface area contributed by atoms with Gasteiger partial charge in [0.2, 0.25) is 0 Å². The molecule has 0 aromatic carbocycles. The van der Waals surface area contributed by atoms with Crippen LogP contribution in [0.25, 0.3) is 0 Å². The average molecular weight is 283 g/mol. The number of amides is 1. The molecule has 1 aromatic heterocycles. The van der Waals surface area contributed by atoms with Crippen molar-refractivity contribution in [3.63, 3.8) is 0 Å². The summed E-state index contributed by atoms with van der Waals surface area (Å²) in [5.41, 5.74) is 0.888. The summed E-state index contributed by atoms with van der Waals surface area (Å²) in [6.07, 6.45) is 1.95. The molecule has 0 aliphatic carbocycles. The molecule has 0 aliphatic rings. The Labute approximate surface area is 119 Å². The van der Waals surface area contributed by atoms with Gasteiger partial charge in [-0.25, -0.2) is 0 Å². The van der Waals surface area contributed by atoms with Crippen LogP contribution in [0, 0.1) is 12.3 Å². The highest BCUT2D eigenvalue weighted by atomic mass is 16.5. The quantitative estimate of drug-likeness (QED) is 0.668. The Kier molecular flexibility index (Phi) is 6.16. The zero-order valence-electron chi connectivity index (χ0n) is 12.7. The highest BCUT2D eigenvalue weighted by molar-refractivity contribution is 5.93. The van der Waals surface area contributed by atoms with Gasteiger partial charge in [0, 0.05) is 18.7 Å². The van der Waals surface area contributed by atoms with Gasteiger partial charge in [-0.1, -0.05) is 19.0 Å². The first kappa shape index (κ1) is 16.7. The van der Waals surface area contributed by atoms with Gasteiger partial charge in [0.15, 0.2) is 11.5 Å². The van der Waals surface area contributed by atoms with Gasteiger partial charge < -0.3 is 20.3 Å². The summed E-state index contributed by atoms with van der Waals surface area (Å²) >= 11 is 0. The van der Waals surface area contributed by atoms with E-state index in [0.29, 0.717) is 17.9 Å². The van der Waals surface area contributed by atoms with Gasteiger partial charge in [0.1, 0.15) is 6.61 Å². The van der Waals surface area contributed by atoms with Gasteiger partial charge in [-0.2, -0.15) is 0 Å². The zero-order chi connectivity index (χ0) is 15.2. The molecule has 0 bridgehead atoms. The van der Waals surface area contributed by atoms with Crippen LogP contribution in [0.5, 0.6) is 0 Å². The second kappa shape index (κ2) is 7.40. The van der Waals surface area contributed by atoms with Gasteiger partial charge in [-0.05, 0) is 32.2 Å². The van der Waals surface area contributed by atoms with E-state index < -0.39 is 0 Å². The summed E-state index contributed by atoms with van der Waals surface area (Å²) in [7, 11) is 1.91. The van der Waals surface area contributed by atoms with E-state index in [1.54, 1.807) is 6.92 Å². The standard InChI is InChI=1S/C14H25N3O3/c1-5-14(6-2,8-15-4)9-16-13(19)12-10(3)11(7-18)20-17-12/h15,18H,5-9H2,1-4H3,(H,16,19). The summed E-state index contributed by atoms with van der Waals surface area (Å²) in [4.78, 5) is 12.1. The van der Waals surface area contributed by atoms with Crippen LogP contribution in [-0.2, 0) is 6.61 Å². The third-order valence-electron chi connectivity index (χ3n) is 4.05. The molecule has 114 valence electrons. The number of aliphatic hydroxyl groups excluding tert-OH is 1. The summed E-state index contributed by atoms with van der Waals surface area (Å²) in [6.45, 7) is 7.15. The molecule has 0 saturated heterocycles. The van der Waals surface area contributed by atoms with Crippen molar-refractivity contribution < 1.29 is 14.4 Å². The van der Waals surface area contributed by atoms with E-state index in [1.807, 2.05) is 7.05 Å². The fraction of sp³-hybridized carbons (Fsp3) is 0.714. The van der Waals surface area contributed by atoms with Gasteiger partial charge >= 0.3 is 0 Å². The lowest BCUT2D eigenvalue weighted by atomic mass is 9.82. The first-order chi connectivity index (χ1) is 9.53. The number of aromatic nitrogens is 1. The Bertz CT molecular complexity index is 439. The normalized spacial score (nSPS) is 11.7. The topological polar surface area (TPSA) is 87.4 Å². The Balaban J connectivity index is 2.72. The Hall–Kier alpha value is -1.40. The predicted molar refractivity (Wildman–Crippen MR) is 76.4 cm³/mol. The van der Waals surface area contributed by atoms with Crippen molar-refractivity contribution in [1.82, 2.24) is 15.8 Å². The minimum atomic E-state index is -0.256. The summed E-state index contributed by atoms with van der Waals surface area (Å²) in [5.74, 6) is 0.0796. The van der Waals surface area contributed by atoms with Crippen molar-refractivity contribution in [1.29, 1.82) is 0 Å². The van der Waals surface area contributed by atoms with Gasteiger partial charge in [0.05, 0.1) is 0 Å². The molecule has 0 saturated carbocycles. The second-order valence-corrected chi connectivity index (χ2v) is 5.16. The van der Waals surface area contributed by atoms with E-state index in [0.717, 1.165) is 19.4 Å². The lowest BCUT2D eigenvalue weighted by molar-refractivity contribution is 0.0915. The molecule has 0 radical (unpaired) electrons. The smallest absolute Gasteiger partial charge is 0.273 e. The zero-order valence-corrected chi connectivity index (χ0v) is 12.7. The largest absolute Gasteiger partial charge is 0.388 e. The van der Waals surface area contributed by atoms with Crippen LogP contribution in [-0.4, -0.2) is 36.3 Å². The first-order valence-corrected chi connectivity index (χ1v) is 7.02. The maximum Gasteiger partial charge on any atom is 0.273 e. The molecule has 1 rings (SSSR count). The first-order valence-electron chi connectivity index (χ1n) is 7.02. The number of aliphatic hydroxyl groups is 1. The number of nitrogens with zero attached hydrogens (tertiary/aromatic N) is 1. The molecule has 3 N–H and O–H groups in total. The fourth-order valence-electron chi connectivity index (χ4n) is 2.27. The maximum absolute atomic E-state index is 12.1. The average Bonchev–Trinajstić information content (AvgIpc) is 2.84. The number of hydrogen-bond donors (Lipinski definition) is 3. The number of carbonyl (C=O) groups excluding carboxylic acids is 1. The molecule has 0 spiro atoms. The van der Waals surface area contributed by atoms with E-state index in [-0.39, 0.29) is 23.6 Å². The van der Waals surface area contributed by atoms with Crippen molar-refractivity contribution in [3.8, 4) is 0 Å². The van der Waals surface area contributed by atoms with Crippen LogP contribution < -0.4 is 10.6 Å². The molecule has 1 heterocycles. The minimum Gasteiger partial charge on any atom is -0.388 e. The molecular formula is C14H25N3O3. The minimum absolute atomic E-state index is 0.0435. The SMILES string of the molecule is CCC(CC)(CNC)CNC(=O)c1noc(CO)c1C. The molecular weight excluding hydrogens is 258 g/mol. The number of carbonyl (C=O) groups is 1. The Morgan fingerprint density at radius 3 is 2.45 bits per heavy atom. The van der Waals surface area contributed by atoms with Crippen molar-refractivity contribution >= 4 is 5.91 Å². The monoisotopic (exact) mass is 283 g/mol. The lowest BCUT2D eigenvalue weighted by Gasteiger charge is -2.31. The van der Waals surface area contributed by atoms with Gasteiger partial charge in [-0.3, -0.25) is 4.79 Å². The van der Waals surface area contributed by atoms with Crippen LogP contribution in [0.15, 0.2) is 4.52 Å². The maximum atomic E-state index is 12.1. The molecule has 0 aliphatic heterocycles. The second-order valence-electron chi connectivity index (χ2n) is 5.16. The van der Waals surface area contributed by atoms with Crippen molar-refractivity contribution in [2.45, 2.75) is 40.2 Å². The van der Waals surface area contributed by atoms with Crippen LogP contribution in [0.4, 0.5) is 0 Å². The van der Waals surface area contributed by atoms with Crippen LogP contribution in [0.2, 0.25) is 0 Å².